The summed E-state index contributed by atoms with van der Waals surface area (Å²) >= 11 is 8.86. The van der Waals surface area contributed by atoms with Crippen LogP contribution >= 0.6 is 27.5 Å². The lowest BCUT2D eigenvalue weighted by Gasteiger charge is -2.07. The third-order valence-electron chi connectivity index (χ3n) is 2.24. The Labute approximate surface area is 126 Å². The van der Waals surface area contributed by atoms with Gasteiger partial charge in [0, 0.05) is 6.20 Å². The van der Waals surface area contributed by atoms with Gasteiger partial charge in [-0.2, -0.15) is 4.98 Å². The van der Waals surface area contributed by atoms with Gasteiger partial charge in [0.2, 0.25) is 11.2 Å². The number of halogens is 2. The fraction of sp³-hybridized carbons (Fsp3) is 0.0909. The molecule has 2 aromatic rings. The molecule has 104 valence electrons. The molecule has 0 aliphatic heterocycles. The molecular weight excluding hydrogens is 353 g/mol. The van der Waals surface area contributed by atoms with E-state index in [1.54, 1.807) is 0 Å². The Bertz CT molecular complexity index is 668. The molecule has 0 aliphatic rings. The van der Waals surface area contributed by atoms with Crippen LogP contribution in [0.25, 0.3) is 0 Å². The summed E-state index contributed by atoms with van der Waals surface area (Å²) in [7, 11) is 1.35. The molecular formula is C11H7BrClN3O4. The minimum Gasteiger partial charge on any atom is -0.490 e. The van der Waals surface area contributed by atoms with Gasteiger partial charge in [0.1, 0.15) is 5.75 Å². The van der Waals surface area contributed by atoms with Gasteiger partial charge in [-0.05, 0) is 39.7 Å². The van der Waals surface area contributed by atoms with Crippen molar-refractivity contribution in [2.75, 3.05) is 7.11 Å². The second kappa shape index (κ2) is 6.02. The second-order valence-corrected chi connectivity index (χ2v) is 4.68. The predicted octanol–water partition coefficient (Wildman–Crippen LogP) is 3.60. The lowest BCUT2D eigenvalue weighted by molar-refractivity contribution is -0.385. The van der Waals surface area contributed by atoms with Gasteiger partial charge >= 0.3 is 5.69 Å². The Balaban J connectivity index is 2.37. The minimum atomic E-state index is -0.562. The maximum atomic E-state index is 10.9. The third-order valence-corrected chi connectivity index (χ3v) is 2.97. The van der Waals surface area contributed by atoms with Crippen LogP contribution in [-0.2, 0) is 0 Å². The van der Waals surface area contributed by atoms with E-state index >= 15 is 0 Å². The molecule has 0 aliphatic carbocycles. The number of nitrogens with zero attached hydrogens (tertiary/aromatic N) is 3. The highest BCUT2D eigenvalue weighted by Crippen LogP contribution is 2.34. The molecule has 0 saturated carbocycles. The first kappa shape index (κ1) is 14.5. The number of rotatable bonds is 4. The van der Waals surface area contributed by atoms with Crippen LogP contribution < -0.4 is 9.47 Å². The van der Waals surface area contributed by atoms with Crippen LogP contribution in [0.2, 0.25) is 5.28 Å². The quantitative estimate of drug-likeness (QED) is 0.470. The van der Waals surface area contributed by atoms with Crippen molar-refractivity contribution in [3.63, 3.8) is 0 Å². The molecule has 0 N–H and O–H groups in total. The predicted molar refractivity (Wildman–Crippen MR) is 74.5 cm³/mol. The molecule has 0 spiro atoms. The number of hydrogen-bond acceptors (Lipinski definition) is 6. The van der Waals surface area contributed by atoms with E-state index in [1.165, 1.54) is 31.5 Å². The zero-order valence-corrected chi connectivity index (χ0v) is 12.4. The van der Waals surface area contributed by atoms with Crippen molar-refractivity contribution in [2.45, 2.75) is 0 Å². The monoisotopic (exact) mass is 359 g/mol. The van der Waals surface area contributed by atoms with Gasteiger partial charge in [-0.1, -0.05) is 0 Å². The van der Waals surface area contributed by atoms with Crippen LogP contribution in [0.1, 0.15) is 0 Å². The van der Waals surface area contributed by atoms with Gasteiger partial charge in [-0.15, -0.1) is 0 Å². The van der Waals surface area contributed by atoms with Crippen LogP contribution in [-0.4, -0.2) is 22.0 Å². The van der Waals surface area contributed by atoms with Crippen LogP contribution in [0.5, 0.6) is 17.4 Å². The molecule has 1 heterocycles. The van der Waals surface area contributed by atoms with Crippen molar-refractivity contribution in [2.24, 2.45) is 0 Å². The van der Waals surface area contributed by atoms with Crippen molar-refractivity contribution in [3.8, 4) is 17.4 Å². The normalized spacial score (nSPS) is 10.2. The fourth-order valence-electron chi connectivity index (χ4n) is 1.39. The maximum Gasteiger partial charge on any atom is 0.314 e. The van der Waals surface area contributed by atoms with E-state index in [2.05, 4.69) is 25.9 Å². The van der Waals surface area contributed by atoms with Crippen LogP contribution in [0.4, 0.5) is 5.69 Å². The van der Waals surface area contributed by atoms with Crippen LogP contribution in [0, 0.1) is 10.1 Å². The van der Waals surface area contributed by atoms with Gasteiger partial charge < -0.3 is 9.47 Å². The van der Waals surface area contributed by atoms with E-state index in [1.807, 2.05) is 0 Å². The minimum absolute atomic E-state index is 0.00575. The molecule has 20 heavy (non-hydrogen) atoms. The Morgan fingerprint density at radius 1 is 1.45 bits per heavy atom. The van der Waals surface area contributed by atoms with Crippen molar-refractivity contribution >= 4 is 33.2 Å². The highest BCUT2D eigenvalue weighted by Gasteiger charge is 2.17. The van der Waals surface area contributed by atoms with Crippen molar-refractivity contribution in [1.82, 2.24) is 9.97 Å². The van der Waals surface area contributed by atoms with Crippen molar-refractivity contribution in [1.29, 1.82) is 0 Å². The van der Waals surface area contributed by atoms with Crippen LogP contribution in [0.15, 0.2) is 28.9 Å². The molecule has 1 aromatic carbocycles. The maximum absolute atomic E-state index is 10.9. The fourth-order valence-corrected chi connectivity index (χ4v) is 1.79. The number of benzene rings is 1. The Morgan fingerprint density at radius 3 is 2.85 bits per heavy atom. The third kappa shape index (κ3) is 3.14. The van der Waals surface area contributed by atoms with Gasteiger partial charge in [0.15, 0.2) is 5.75 Å². The van der Waals surface area contributed by atoms with E-state index in [0.29, 0.717) is 4.47 Å². The molecule has 0 radical (unpaired) electrons. The second-order valence-electron chi connectivity index (χ2n) is 3.48. The van der Waals surface area contributed by atoms with Gasteiger partial charge in [0.25, 0.3) is 0 Å². The molecule has 0 bridgehead atoms. The topological polar surface area (TPSA) is 87.4 Å². The van der Waals surface area contributed by atoms with E-state index in [-0.39, 0.29) is 28.3 Å². The number of ether oxygens (including phenoxy) is 2. The zero-order valence-electron chi connectivity index (χ0n) is 10.0. The van der Waals surface area contributed by atoms with Gasteiger partial charge in [-0.3, -0.25) is 10.1 Å². The summed E-state index contributed by atoms with van der Waals surface area (Å²) < 4.78 is 10.8. The first-order valence-electron chi connectivity index (χ1n) is 5.19. The summed E-state index contributed by atoms with van der Waals surface area (Å²) in [6.07, 6.45) is 1.42. The number of nitro benzene ring substituents is 1. The summed E-state index contributed by atoms with van der Waals surface area (Å²) in [5.74, 6) is 0.527. The smallest absolute Gasteiger partial charge is 0.314 e. The first-order chi connectivity index (χ1) is 9.51. The molecule has 9 heteroatoms. The largest absolute Gasteiger partial charge is 0.490 e. The Hall–Kier alpha value is -1.93. The Morgan fingerprint density at radius 2 is 2.20 bits per heavy atom. The summed E-state index contributed by atoms with van der Waals surface area (Å²) in [6, 6.07) is 4.19. The summed E-state index contributed by atoms with van der Waals surface area (Å²) in [4.78, 5) is 18.0. The lowest BCUT2D eigenvalue weighted by Crippen LogP contribution is -1.96. The standard InChI is InChI=1S/C11H7BrClN3O4/c1-19-9-3-2-6(4-8(9)16(17)18)20-10-7(12)5-14-11(13)15-10/h2-5H,1H3. The summed E-state index contributed by atoms with van der Waals surface area (Å²) in [6.45, 7) is 0. The summed E-state index contributed by atoms with van der Waals surface area (Å²) in [5, 5.41) is 10.9. The number of hydrogen-bond donors (Lipinski definition) is 0. The highest BCUT2D eigenvalue weighted by atomic mass is 79.9. The van der Waals surface area contributed by atoms with E-state index < -0.39 is 4.92 Å². The molecule has 0 amide bonds. The molecule has 7 nitrogen and oxygen atoms in total. The zero-order chi connectivity index (χ0) is 14.7. The molecule has 1 aromatic heterocycles. The molecule has 0 fully saturated rings. The van der Waals surface area contributed by atoms with Crippen LogP contribution in [0.3, 0.4) is 0 Å². The van der Waals surface area contributed by atoms with E-state index in [4.69, 9.17) is 21.1 Å². The Kier molecular flexibility index (Phi) is 4.35. The number of methoxy groups -OCH3 is 1. The lowest BCUT2D eigenvalue weighted by atomic mass is 10.3. The highest BCUT2D eigenvalue weighted by molar-refractivity contribution is 9.10. The average molecular weight is 361 g/mol. The number of aromatic nitrogens is 2. The SMILES string of the molecule is COc1ccc(Oc2nc(Cl)ncc2Br)cc1[N+](=O)[O-]. The average Bonchev–Trinajstić information content (AvgIpc) is 2.42. The molecule has 2 rings (SSSR count). The summed E-state index contributed by atoms with van der Waals surface area (Å²) in [5.41, 5.74) is -0.207. The van der Waals surface area contributed by atoms with Gasteiger partial charge in [0.05, 0.1) is 22.6 Å². The van der Waals surface area contributed by atoms with E-state index in [0.717, 1.165) is 0 Å². The number of nitro groups is 1. The van der Waals surface area contributed by atoms with Crippen molar-refractivity contribution in [3.05, 3.63) is 44.3 Å². The van der Waals surface area contributed by atoms with E-state index in [9.17, 15) is 10.1 Å². The van der Waals surface area contributed by atoms with Crippen molar-refractivity contribution < 1.29 is 14.4 Å². The molecule has 0 unspecified atom stereocenters. The molecule has 0 atom stereocenters. The molecule has 0 saturated heterocycles. The first-order valence-corrected chi connectivity index (χ1v) is 6.36. The van der Waals surface area contributed by atoms with Gasteiger partial charge in [-0.25, -0.2) is 4.98 Å².